The molecule has 2 saturated heterocycles. The van der Waals surface area contributed by atoms with Crippen LogP contribution in [0.1, 0.15) is 32.1 Å². The minimum absolute atomic E-state index is 0.00212. The van der Waals surface area contributed by atoms with Gasteiger partial charge in [-0.3, -0.25) is 4.90 Å². The molecule has 3 aliphatic rings. The predicted molar refractivity (Wildman–Crippen MR) is 81.7 cm³/mol. The van der Waals surface area contributed by atoms with Gasteiger partial charge in [0.05, 0.1) is 12.1 Å². The molecular formula is C14H26N3O2P. The van der Waals surface area contributed by atoms with Gasteiger partial charge >= 0.3 is 6.03 Å². The molecule has 3 rings (SSSR count). The van der Waals surface area contributed by atoms with Crippen LogP contribution in [0.5, 0.6) is 0 Å². The van der Waals surface area contributed by atoms with Gasteiger partial charge in [0.25, 0.3) is 0 Å². The Morgan fingerprint density at radius 1 is 1.40 bits per heavy atom. The minimum atomic E-state index is -0.00212. The van der Waals surface area contributed by atoms with Gasteiger partial charge in [-0.2, -0.15) is 0 Å². The van der Waals surface area contributed by atoms with Crippen molar-refractivity contribution in [2.75, 3.05) is 33.4 Å². The second kappa shape index (κ2) is 5.43. The highest BCUT2D eigenvalue weighted by Gasteiger charge is 2.46. The first-order valence-electron chi connectivity index (χ1n) is 7.65. The molecule has 1 spiro atoms. The number of carbonyl (C=O) groups excluding carboxylic acids is 1. The lowest BCUT2D eigenvalue weighted by atomic mass is 9.79. The van der Waals surface area contributed by atoms with E-state index in [-0.39, 0.29) is 16.9 Å². The summed E-state index contributed by atoms with van der Waals surface area (Å²) in [4.78, 5) is 13.9. The molecule has 6 heteroatoms. The van der Waals surface area contributed by atoms with Crippen molar-refractivity contribution < 1.29 is 9.53 Å². The number of carbonyl (C=O) groups is 1. The smallest absolute Gasteiger partial charge is 0.315 e. The maximum atomic E-state index is 11.4. The SMILES string of the molecule is CN(CC1CCOC1)C1(P)CCC2(CC1)CNC(=O)N2. The molecule has 2 atom stereocenters. The Kier molecular flexibility index (Phi) is 3.95. The molecule has 3 fully saturated rings. The Morgan fingerprint density at radius 3 is 2.70 bits per heavy atom. The number of nitrogens with one attached hydrogen (secondary N) is 2. The van der Waals surface area contributed by atoms with Crippen LogP contribution in [0.25, 0.3) is 0 Å². The summed E-state index contributed by atoms with van der Waals surface area (Å²) in [6, 6.07) is -0.00212. The van der Waals surface area contributed by atoms with E-state index in [2.05, 4.69) is 31.8 Å². The van der Waals surface area contributed by atoms with Gasteiger partial charge in [-0.05, 0) is 45.1 Å². The van der Waals surface area contributed by atoms with E-state index in [1.54, 1.807) is 0 Å². The maximum absolute atomic E-state index is 11.4. The van der Waals surface area contributed by atoms with Crippen molar-refractivity contribution >= 4 is 15.3 Å². The average Bonchev–Trinajstić information content (AvgIpc) is 3.04. The quantitative estimate of drug-likeness (QED) is 0.769. The van der Waals surface area contributed by atoms with Crippen LogP contribution in [-0.2, 0) is 4.74 Å². The molecular weight excluding hydrogens is 273 g/mol. The van der Waals surface area contributed by atoms with E-state index < -0.39 is 0 Å². The Balaban J connectivity index is 1.56. The predicted octanol–water partition coefficient (Wildman–Crippen LogP) is 1.15. The largest absolute Gasteiger partial charge is 0.381 e. The van der Waals surface area contributed by atoms with Gasteiger partial charge in [0.15, 0.2) is 0 Å². The summed E-state index contributed by atoms with van der Waals surface area (Å²) in [5.41, 5.74) is 0.00840. The highest BCUT2D eigenvalue weighted by atomic mass is 31.0. The molecule has 5 nitrogen and oxygen atoms in total. The van der Waals surface area contributed by atoms with Crippen LogP contribution in [0.3, 0.4) is 0 Å². The van der Waals surface area contributed by atoms with Crippen LogP contribution in [0.2, 0.25) is 0 Å². The van der Waals surface area contributed by atoms with Crippen LogP contribution in [0.4, 0.5) is 4.79 Å². The van der Waals surface area contributed by atoms with Crippen molar-refractivity contribution in [3.63, 3.8) is 0 Å². The second-order valence-electron chi connectivity index (χ2n) is 6.80. The van der Waals surface area contributed by atoms with Gasteiger partial charge in [-0.25, -0.2) is 4.79 Å². The van der Waals surface area contributed by atoms with Gasteiger partial charge in [0, 0.05) is 25.0 Å². The molecule has 0 aromatic carbocycles. The van der Waals surface area contributed by atoms with Crippen molar-refractivity contribution in [2.24, 2.45) is 5.92 Å². The Bertz CT molecular complexity index is 377. The van der Waals surface area contributed by atoms with Gasteiger partial charge in [-0.15, -0.1) is 9.24 Å². The molecule has 114 valence electrons. The van der Waals surface area contributed by atoms with Gasteiger partial charge in [0.2, 0.25) is 0 Å². The first-order chi connectivity index (χ1) is 9.51. The summed E-state index contributed by atoms with van der Waals surface area (Å²) in [5, 5.41) is 6.21. The van der Waals surface area contributed by atoms with Crippen molar-refractivity contribution in [1.82, 2.24) is 15.5 Å². The number of amides is 2. The number of urea groups is 1. The average molecular weight is 299 g/mol. The molecule has 2 heterocycles. The van der Waals surface area contributed by atoms with Crippen molar-refractivity contribution in [2.45, 2.75) is 42.9 Å². The van der Waals surface area contributed by atoms with E-state index in [0.717, 1.165) is 52.0 Å². The molecule has 0 bridgehead atoms. The van der Waals surface area contributed by atoms with Crippen LogP contribution >= 0.6 is 9.24 Å². The molecule has 0 aromatic rings. The van der Waals surface area contributed by atoms with E-state index in [9.17, 15) is 4.79 Å². The summed E-state index contributed by atoms with van der Waals surface area (Å²) in [7, 11) is 5.31. The topological polar surface area (TPSA) is 53.6 Å². The van der Waals surface area contributed by atoms with Crippen molar-refractivity contribution in [3.05, 3.63) is 0 Å². The molecule has 1 saturated carbocycles. The van der Waals surface area contributed by atoms with E-state index in [0.29, 0.717) is 5.92 Å². The molecule has 0 radical (unpaired) electrons. The lowest BCUT2D eigenvalue weighted by Gasteiger charge is -2.47. The molecule has 2 aliphatic heterocycles. The van der Waals surface area contributed by atoms with Crippen LogP contribution in [0, 0.1) is 5.92 Å². The minimum Gasteiger partial charge on any atom is -0.381 e. The Morgan fingerprint density at radius 2 is 2.15 bits per heavy atom. The first kappa shape index (κ1) is 14.6. The van der Waals surface area contributed by atoms with E-state index in [4.69, 9.17) is 4.74 Å². The Hall–Kier alpha value is -0.380. The third-order valence-corrected chi connectivity index (χ3v) is 6.37. The summed E-state index contributed by atoms with van der Waals surface area (Å²) >= 11 is 0. The van der Waals surface area contributed by atoms with E-state index >= 15 is 0 Å². The molecule has 2 N–H and O–H groups in total. The normalized spacial score (nSPS) is 41.1. The number of hydrogen-bond acceptors (Lipinski definition) is 3. The third kappa shape index (κ3) is 2.81. The number of hydrogen-bond donors (Lipinski definition) is 2. The monoisotopic (exact) mass is 299 g/mol. The highest BCUT2D eigenvalue weighted by molar-refractivity contribution is 7.18. The van der Waals surface area contributed by atoms with E-state index in [1.165, 1.54) is 6.42 Å². The zero-order valence-electron chi connectivity index (χ0n) is 12.3. The standard InChI is InChI=1S/C14H26N3O2P/c1-17(8-11-2-7-19-9-11)14(20)5-3-13(4-6-14)10-15-12(18)16-13/h11H,2-10,20H2,1H3,(H2,15,16,18). The number of ether oxygens (including phenoxy) is 1. The fourth-order valence-electron chi connectivity index (χ4n) is 3.72. The molecule has 1 aliphatic carbocycles. The van der Waals surface area contributed by atoms with Gasteiger partial charge in [0.1, 0.15) is 0 Å². The van der Waals surface area contributed by atoms with Gasteiger partial charge < -0.3 is 15.4 Å². The van der Waals surface area contributed by atoms with Crippen LogP contribution < -0.4 is 10.6 Å². The van der Waals surface area contributed by atoms with Crippen LogP contribution in [0.15, 0.2) is 0 Å². The second-order valence-corrected chi connectivity index (χ2v) is 7.88. The lowest BCUT2D eigenvalue weighted by molar-refractivity contribution is 0.0992. The van der Waals surface area contributed by atoms with Gasteiger partial charge in [-0.1, -0.05) is 0 Å². The summed E-state index contributed by atoms with van der Waals surface area (Å²) < 4.78 is 5.48. The molecule has 2 unspecified atom stereocenters. The maximum Gasteiger partial charge on any atom is 0.315 e. The first-order valence-corrected chi connectivity index (χ1v) is 8.23. The zero-order valence-corrected chi connectivity index (χ0v) is 13.4. The van der Waals surface area contributed by atoms with Crippen LogP contribution in [-0.4, -0.2) is 55.1 Å². The fraction of sp³-hybridized carbons (Fsp3) is 0.929. The molecule has 0 aromatic heterocycles. The number of rotatable bonds is 3. The summed E-state index contributed by atoms with van der Waals surface area (Å²) in [6.07, 6.45) is 5.53. The lowest BCUT2D eigenvalue weighted by Crippen LogP contribution is -2.54. The number of nitrogens with zero attached hydrogens (tertiary/aromatic N) is 1. The molecule has 2 amide bonds. The van der Waals surface area contributed by atoms with E-state index in [1.807, 2.05) is 0 Å². The van der Waals surface area contributed by atoms with Crippen molar-refractivity contribution in [1.29, 1.82) is 0 Å². The Labute approximate surface area is 123 Å². The van der Waals surface area contributed by atoms with Crippen molar-refractivity contribution in [3.8, 4) is 0 Å². The fourth-order valence-corrected chi connectivity index (χ4v) is 4.11. The third-order valence-electron chi connectivity index (χ3n) is 5.36. The molecule has 20 heavy (non-hydrogen) atoms. The summed E-state index contributed by atoms with van der Waals surface area (Å²) in [5.74, 6) is 0.682. The highest BCUT2D eigenvalue weighted by Crippen LogP contribution is 2.43. The summed E-state index contributed by atoms with van der Waals surface area (Å²) in [6.45, 7) is 3.73. The zero-order chi connectivity index (χ0) is 14.2.